The van der Waals surface area contributed by atoms with Crippen molar-refractivity contribution in [2.75, 3.05) is 12.8 Å². The van der Waals surface area contributed by atoms with Crippen molar-refractivity contribution in [3.8, 4) is 0 Å². The molecule has 1 heterocycles. The van der Waals surface area contributed by atoms with Crippen LogP contribution in [0.25, 0.3) is 0 Å². The van der Waals surface area contributed by atoms with Crippen LogP contribution in [0.3, 0.4) is 0 Å². The molecule has 5 heteroatoms. The van der Waals surface area contributed by atoms with Gasteiger partial charge >= 0.3 is 0 Å². The number of hydrogen-bond donors (Lipinski definition) is 1. The molecule has 1 N–H and O–H groups in total. The first-order valence-corrected chi connectivity index (χ1v) is 8.19. The Balaban J connectivity index is 2.00. The number of nitrogens with one attached hydrogen (secondary N) is 1. The van der Waals surface area contributed by atoms with E-state index in [1.165, 1.54) is 25.7 Å². The molecular weight excluding hydrogens is 266 g/mol. The molecule has 1 aliphatic rings. The second-order valence-electron chi connectivity index (χ2n) is 4.77. The van der Waals surface area contributed by atoms with Crippen molar-refractivity contribution < 1.29 is 0 Å². The molecule has 0 aliphatic heterocycles. The summed E-state index contributed by atoms with van der Waals surface area (Å²) in [6, 6.07) is 0.297. The van der Waals surface area contributed by atoms with E-state index in [-0.39, 0.29) is 0 Å². The van der Waals surface area contributed by atoms with Gasteiger partial charge < -0.3 is 5.32 Å². The van der Waals surface area contributed by atoms with Crippen molar-refractivity contribution in [3.05, 3.63) is 16.9 Å². The van der Waals surface area contributed by atoms with Crippen LogP contribution in [-0.4, -0.2) is 27.8 Å². The Bertz CT molecular complexity index is 374. The van der Waals surface area contributed by atoms with E-state index < -0.39 is 0 Å². The third-order valence-corrected chi connectivity index (χ3v) is 5.37. The van der Waals surface area contributed by atoms with Gasteiger partial charge in [-0.25, -0.2) is 0 Å². The van der Waals surface area contributed by atoms with Crippen molar-refractivity contribution in [1.82, 2.24) is 15.1 Å². The number of rotatable bonds is 6. The summed E-state index contributed by atoms with van der Waals surface area (Å²) >= 11 is 8.34. The van der Waals surface area contributed by atoms with Gasteiger partial charge in [0.2, 0.25) is 0 Å². The number of aryl methyl sites for hydroxylation is 1. The highest BCUT2D eigenvalue weighted by atomic mass is 35.5. The number of nitrogens with zero attached hydrogens (tertiary/aromatic N) is 2. The second-order valence-corrected chi connectivity index (χ2v) is 6.52. The van der Waals surface area contributed by atoms with Crippen molar-refractivity contribution in [2.24, 2.45) is 0 Å². The molecule has 3 nitrogen and oxygen atoms in total. The highest BCUT2D eigenvalue weighted by Gasteiger charge is 2.22. The Kier molecular flexibility index (Phi) is 5.39. The van der Waals surface area contributed by atoms with Crippen molar-refractivity contribution >= 4 is 23.4 Å². The van der Waals surface area contributed by atoms with Crippen LogP contribution in [-0.2, 0) is 6.54 Å². The molecule has 1 saturated carbocycles. The number of hydrogen-bond acceptors (Lipinski definition) is 3. The Labute approximate surface area is 119 Å². The first kappa shape index (κ1) is 14.2. The zero-order chi connectivity index (χ0) is 13.0. The fourth-order valence-electron chi connectivity index (χ4n) is 2.56. The predicted octanol–water partition coefficient (Wildman–Crippen LogP) is 3.49. The molecule has 2 rings (SSSR count). The van der Waals surface area contributed by atoms with E-state index in [0.29, 0.717) is 6.04 Å². The van der Waals surface area contributed by atoms with Gasteiger partial charge in [0, 0.05) is 17.5 Å². The van der Waals surface area contributed by atoms with Crippen LogP contribution in [0.1, 0.15) is 44.3 Å². The minimum atomic E-state index is 0.297. The quantitative estimate of drug-likeness (QED) is 0.868. The van der Waals surface area contributed by atoms with Crippen LogP contribution in [0.15, 0.2) is 6.20 Å². The normalized spacial score (nSPS) is 18.4. The van der Waals surface area contributed by atoms with Gasteiger partial charge in [-0.05, 0) is 26.8 Å². The molecule has 0 radical (unpaired) electrons. The topological polar surface area (TPSA) is 29.9 Å². The fourth-order valence-corrected chi connectivity index (χ4v) is 4.29. The largest absolute Gasteiger partial charge is 0.311 e. The smallest absolute Gasteiger partial charge is 0.0834 e. The molecule has 0 spiro atoms. The van der Waals surface area contributed by atoms with Gasteiger partial charge in [-0.2, -0.15) is 16.9 Å². The Morgan fingerprint density at radius 3 is 2.89 bits per heavy atom. The molecule has 102 valence electrons. The predicted molar refractivity (Wildman–Crippen MR) is 79.4 cm³/mol. The van der Waals surface area contributed by atoms with E-state index >= 15 is 0 Å². The van der Waals surface area contributed by atoms with Gasteiger partial charge in [0.15, 0.2) is 0 Å². The van der Waals surface area contributed by atoms with Gasteiger partial charge in [-0.1, -0.05) is 24.4 Å². The van der Waals surface area contributed by atoms with Crippen molar-refractivity contribution in [3.63, 3.8) is 0 Å². The zero-order valence-corrected chi connectivity index (χ0v) is 12.7. The summed E-state index contributed by atoms with van der Waals surface area (Å²) < 4.78 is 2.00. The van der Waals surface area contributed by atoms with Crippen LogP contribution in [0.4, 0.5) is 0 Å². The van der Waals surface area contributed by atoms with E-state index in [9.17, 15) is 0 Å². The minimum absolute atomic E-state index is 0.297. The summed E-state index contributed by atoms with van der Waals surface area (Å²) in [7, 11) is 2.00. The van der Waals surface area contributed by atoms with Gasteiger partial charge in [-0.15, -0.1) is 0 Å². The zero-order valence-electron chi connectivity index (χ0n) is 11.2. The molecule has 0 amide bonds. The summed E-state index contributed by atoms with van der Waals surface area (Å²) in [6.45, 7) is 2.97. The Morgan fingerprint density at radius 2 is 2.28 bits per heavy atom. The fraction of sp³-hybridized carbons (Fsp3) is 0.769. The summed E-state index contributed by atoms with van der Waals surface area (Å²) in [5, 5.41) is 9.32. The monoisotopic (exact) mass is 287 g/mol. The van der Waals surface area contributed by atoms with Gasteiger partial charge in [0.1, 0.15) is 0 Å². The molecule has 0 bridgehead atoms. The van der Waals surface area contributed by atoms with Crippen LogP contribution in [0.2, 0.25) is 5.02 Å². The molecule has 1 aliphatic carbocycles. The van der Waals surface area contributed by atoms with Gasteiger partial charge in [0.05, 0.1) is 23.0 Å². The Morgan fingerprint density at radius 1 is 1.56 bits per heavy atom. The molecule has 0 saturated heterocycles. The molecule has 18 heavy (non-hydrogen) atoms. The first-order valence-electron chi connectivity index (χ1n) is 6.76. The average Bonchev–Trinajstić information content (AvgIpc) is 3.01. The summed E-state index contributed by atoms with van der Waals surface area (Å²) in [4.78, 5) is 0. The third-order valence-electron chi connectivity index (χ3n) is 3.61. The second kappa shape index (κ2) is 6.83. The van der Waals surface area contributed by atoms with E-state index in [4.69, 9.17) is 11.6 Å². The lowest BCUT2D eigenvalue weighted by atomic mass is 10.2. The standard InChI is InChI=1S/C13H22ClN3S/c1-3-17-13(11(14)8-16-17)12(15-2)9-18-10-6-4-5-7-10/h8,10,12,15H,3-7,9H2,1-2H3. The van der Waals surface area contributed by atoms with E-state index in [0.717, 1.165) is 28.3 Å². The van der Waals surface area contributed by atoms with Crippen LogP contribution in [0, 0.1) is 0 Å². The SMILES string of the molecule is CCn1ncc(Cl)c1C(CSC1CCCC1)NC. The van der Waals surface area contributed by atoms with Crippen LogP contribution in [0.5, 0.6) is 0 Å². The van der Waals surface area contributed by atoms with Crippen LogP contribution < -0.4 is 5.32 Å². The molecule has 1 aromatic heterocycles. The number of halogens is 1. The molecule has 0 aromatic carbocycles. The lowest BCUT2D eigenvalue weighted by Gasteiger charge is -2.19. The maximum absolute atomic E-state index is 6.26. The molecular formula is C13H22ClN3S. The van der Waals surface area contributed by atoms with Gasteiger partial charge in [-0.3, -0.25) is 4.68 Å². The maximum atomic E-state index is 6.26. The average molecular weight is 288 g/mol. The minimum Gasteiger partial charge on any atom is -0.311 e. The molecule has 1 atom stereocenters. The van der Waals surface area contributed by atoms with Crippen LogP contribution >= 0.6 is 23.4 Å². The third kappa shape index (κ3) is 3.22. The Hall–Kier alpha value is -0.190. The van der Waals surface area contributed by atoms with Crippen molar-refractivity contribution in [2.45, 2.75) is 50.4 Å². The lowest BCUT2D eigenvalue weighted by Crippen LogP contribution is -2.23. The number of aromatic nitrogens is 2. The van der Waals surface area contributed by atoms with Gasteiger partial charge in [0.25, 0.3) is 0 Å². The van der Waals surface area contributed by atoms with E-state index in [1.807, 2.05) is 11.7 Å². The van der Waals surface area contributed by atoms with E-state index in [2.05, 4.69) is 29.1 Å². The molecule has 1 fully saturated rings. The van der Waals surface area contributed by atoms with Crippen molar-refractivity contribution in [1.29, 1.82) is 0 Å². The molecule has 1 aromatic rings. The summed E-state index contributed by atoms with van der Waals surface area (Å²) in [6.07, 6.45) is 7.31. The molecule has 1 unspecified atom stereocenters. The summed E-state index contributed by atoms with van der Waals surface area (Å²) in [5.74, 6) is 1.08. The highest BCUT2D eigenvalue weighted by molar-refractivity contribution is 7.99. The number of thioether (sulfide) groups is 1. The summed E-state index contributed by atoms with van der Waals surface area (Å²) in [5.41, 5.74) is 1.13. The highest BCUT2D eigenvalue weighted by Crippen LogP contribution is 2.33. The van der Waals surface area contributed by atoms with E-state index in [1.54, 1.807) is 6.20 Å². The first-order chi connectivity index (χ1) is 8.76. The lowest BCUT2D eigenvalue weighted by molar-refractivity contribution is 0.549. The maximum Gasteiger partial charge on any atom is 0.0834 e.